The van der Waals surface area contributed by atoms with Crippen molar-refractivity contribution in [2.75, 3.05) is 13.7 Å². The second-order valence-electron chi connectivity index (χ2n) is 2.99. The van der Waals surface area contributed by atoms with Crippen LogP contribution in [0.5, 0.6) is 11.8 Å². The first-order chi connectivity index (χ1) is 7.26. The summed E-state index contributed by atoms with van der Waals surface area (Å²) in [5.41, 5.74) is 1.24. The van der Waals surface area contributed by atoms with Crippen LogP contribution in [-0.2, 0) is 0 Å². The van der Waals surface area contributed by atoms with Gasteiger partial charge in [-0.15, -0.1) is 4.73 Å². The van der Waals surface area contributed by atoms with Crippen LogP contribution in [0.3, 0.4) is 0 Å². The van der Waals surface area contributed by atoms with Gasteiger partial charge in [-0.2, -0.15) is 4.98 Å². The minimum atomic E-state index is 0.195. The fourth-order valence-corrected chi connectivity index (χ4v) is 1.37. The maximum Gasteiger partial charge on any atom is 0.331 e. The minimum absolute atomic E-state index is 0.195. The van der Waals surface area contributed by atoms with Gasteiger partial charge in [0.2, 0.25) is 0 Å². The Morgan fingerprint density at radius 2 is 2.27 bits per heavy atom. The molecule has 0 saturated heterocycles. The van der Waals surface area contributed by atoms with Gasteiger partial charge in [0.05, 0.1) is 19.2 Å². The molecular formula is C10H12N2O3. The van der Waals surface area contributed by atoms with E-state index in [4.69, 9.17) is 9.47 Å². The zero-order chi connectivity index (χ0) is 10.8. The lowest BCUT2D eigenvalue weighted by molar-refractivity contribution is 0.148. The first-order valence-corrected chi connectivity index (χ1v) is 4.64. The molecule has 0 aliphatic carbocycles. The minimum Gasteiger partial charge on any atom is -0.497 e. The normalized spacial score (nSPS) is 10.5. The fourth-order valence-electron chi connectivity index (χ4n) is 1.37. The molecule has 0 unspecified atom stereocenters. The molecule has 0 atom stereocenters. The van der Waals surface area contributed by atoms with Crippen LogP contribution < -0.4 is 9.47 Å². The largest absolute Gasteiger partial charge is 0.497 e. The summed E-state index contributed by atoms with van der Waals surface area (Å²) in [7, 11) is 1.57. The molecule has 0 bridgehead atoms. The molecule has 1 heterocycles. The summed E-state index contributed by atoms with van der Waals surface area (Å²) in [6.45, 7) is 2.29. The monoisotopic (exact) mass is 208 g/mol. The lowest BCUT2D eigenvalue weighted by atomic mass is 10.3. The molecule has 0 fully saturated rings. The van der Waals surface area contributed by atoms with Crippen molar-refractivity contribution < 1.29 is 14.7 Å². The lowest BCUT2D eigenvalue weighted by Gasteiger charge is -2.01. The van der Waals surface area contributed by atoms with Gasteiger partial charge in [-0.05, 0) is 19.1 Å². The van der Waals surface area contributed by atoms with Crippen LogP contribution >= 0.6 is 0 Å². The molecular weight excluding hydrogens is 196 g/mol. The third-order valence-corrected chi connectivity index (χ3v) is 2.08. The number of aromatic nitrogens is 2. The zero-order valence-electron chi connectivity index (χ0n) is 8.60. The Morgan fingerprint density at radius 1 is 1.47 bits per heavy atom. The molecule has 1 aromatic heterocycles. The van der Waals surface area contributed by atoms with Gasteiger partial charge in [-0.1, -0.05) is 0 Å². The molecule has 15 heavy (non-hydrogen) atoms. The van der Waals surface area contributed by atoms with Crippen LogP contribution in [-0.4, -0.2) is 28.6 Å². The summed E-state index contributed by atoms with van der Waals surface area (Å²) in [6.07, 6.45) is 0. The number of rotatable bonds is 3. The molecule has 0 aliphatic rings. The predicted molar refractivity (Wildman–Crippen MR) is 54.6 cm³/mol. The van der Waals surface area contributed by atoms with E-state index < -0.39 is 0 Å². The van der Waals surface area contributed by atoms with Gasteiger partial charge >= 0.3 is 6.01 Å². The topological polar surface area (TPSA) is 56.5 Å². The Hall–Kier alpha value is -1.91. The number of nitrogens with zero attached hydrogens (tertiary/aromatic N) is 2. The number of imidazole rings is 1. The smallest absolute Gasteiger partial charge is 0.331 e. The van der Waals surface area contributed by atoms with Crippen LogP contribution in [0.15, 0.2) is 18.2 Å². The van der Waals surface area contributed by atoms with Crippen molar-refractivity contribution in [3.05, 3.63) is 18.2 Å². The van der Waals surface area contributed by atoms with Crippen LogP contribution in [0.4, 0.5) is 0 Å². The van der Waals surface area contributed by atoms with Gasteiger partial charge in [0, 0.05) is 6.07 Å². The SMILES string of the molecule is CCOc1nc2ccc(OC)cc2n1O. The van der Waals surface area contributed by atoms with E-state index in [1.54, 1.807) is 25.3 Å². The number of benzene rings is 1. The van der Waals surface area contributed by atoms with E-state index in [-0.39, 0.29) is 6.01 Å². The van der Waals surface area contributed by atoms with Gasteiger partial charge < -0.3 is 14.7 Å². The first-order valence-electron chi connectivity index (χ1n) is 4.64. The fraction of sp³-hybridized carbons (Fsp3) is 0.300. The van der Waals surface area contributed by atoms with Crippen LogP contribution in [0, 0.1) is 0 Å². The number of fused-ring (bicyclic) bond motifs is 1. The molecule has 0 radical (unpaired) electrons. The second kappa shape index (κ2) is 3.68. The maximum absolute atomic E-state index is 9.71. The van der Waals surface area contributed by atoms with Crippen LogP contribution in [0.2, 0.25) is 0 Å². The van der Waals surface area contributed by atoms with Crippen LogP contribution in [0.25, 0.3) is 11.0 Å². The zero-order valence-corrected chi connectivity index (χ0v) is 8.60. The van der Waals surface area contributed by atoms with Crippen molar-refractivity contribution in [3.63, 3.8) is 0 Å². The Morgan fingerprint density at radius 3 is 2.93 bits per heavy atom. The van der Waals surface area contributed by atoms with Crippen LogP contribution in [0.1, 0.15) is 6.92 Å². The summed E-state index contributed by atoms with van der Waals surface area (Å²) in [5, 5.41) is 9.71. The molecule has 0 spiro atoms. The summed E-state index contributed by atoms with van der Waals surface area (Å²) < 4.78 is 11.1. The molecule has 0 aliphatic heterocycles. The van der Waals surface area contributed by atoms with E-state index in [0.717, 1.165) is 4.73 Å². The van der Waals surface area contributed by atoms with Crippen molar-refractivity contribution in [2.45, 2.75) is 6.92 Å². The van der Waals surface area contributed by atoms with Gasteiger partial charge in [0.15, 0.2) is 0 Å². The maximum atomic E-state index is 9.71. The van der Waals surface area contributed by atoms with Gasteiger partial charge in [-0.25, -0.2) is 0 Å². The molecule has 5 nitrogen and oxygen atoms in total. The first kappa shape index (κ1) is 9.64. The van der Waals surface area contributed by atoms with Gasteiger partial charge in [0.1, 0.15) is 11.3 Å². The Bertz CT molecular complexity index is 479. The Balaban J connectivity index is 2.56. The average Bonchev–Trinajstić information content (AvgIpc) is 2.56. The Kier molecular flexibility index (Phi) is 2.37. The van der Waals surface area contributed by atoms with Gasteiger partial charge in [0.25, 0.3) is 0 Å². The molecule has 80 valence electrons. The number of ether oxygens (including phenoxy) is 2. The molecule has 0 saturated carbocycles. The van der Waals surface area contributed by atoms with E-state index in [1.807, 2.05) is 6.92 Å². The molecule has 2 rings (SSSR count). The number of hydrogen-bond acceptors (Lipinski definition) is 4. The van der Waals surface area contributed by atoms with Crippen molar-refractivity contribution >= 4 is 11.0 Å². The molecule has 2 aromatic rings. The quantitative estimate of drug-likeness (QED) is 0.780. The summed E-state index contributed by atoms with van der Waals surface area (Å²) >= 11 is 0. The summed E-state index contributed by atoms with van der Waals surface area (Å²) in [5.74, 6) is 0.667. The second-order valence-corrected chi connectivity index (χ2v) is 2.99. The van der Waals surface area contributed by atoms with Gasteiger partial charge in [-0.3, -0.25) is 0 Å². The summed E-state index contributed by atoms with van der Waals surface area (Å²) in [4.78, 5) is 4.11. The molecule has 1 N–H and O–H groups in total. The van der Waals surface area contributed by atoms with Crippen molar-refractivity contribution in [1.29, 1.82) is 0 Å². The third-order valence-electron chi connectivity index (χ3n) is 2.08. The molecule has 0 amide bonds. The van der Waals surface area contributed by atoms with Crippen molar-refractivity contribution in [1.82, 2.24) is 9.71 Å². The van der Waals surface area contributed by atoms with E-state index >= 15 is 0 Å². The van der Waals surface area contributed by atoms with E-state index in [0.29, 0.717) is 23.4 Å². The van der Waals surface area contributed by atoms with Crippen molar-refractivity contribution in [3.8, 4) is 11.8 Å². The average molecular weight is 208 g/mol. The van der Waals surface area contributed by atoms with Crippen molar-refractivity contribution in [2.24, 2.45) is 0 Å². The standard InChI is InChI=1S/C10H12N2O3/c1-3-15-10-11-8-5-4-7(14-2)6-9(8)12(10)13/h4-6,13H,3H2,1-2H3. The Labute approximate surface area is 86.8 Å². The highest BCUT2D eigenvalue weighted by Gasteiger charge is 2.11. The number of methoxy groups -OCH3 is 1. The third kappa shape index (κ3) is 1.56. The van der Waals surface area contributed by atoms with E-state index in [1.165, 1.54) is 0 Å². The summed E-state index contributed by atoms with van der Waals surface area (Å²) in [6, 6.07) is 5.44. The lowest BCUT2D eigenvalue weighted by Crippen LogP contribution is -1.99. The highest BCUT2D eigenvalue weighted by atomic mass is 16.6. The predicted octanol–water partition coefficient (Wildman–Crippen LogP) is 1.68. The van der Waals surface area contributed by atoms with E-state index in [2.05, 4.69) is 4.98 Å². The highest BCUT2D eigenvalue weighted by Crippen LogP contribution is 2.23. The molecule has 5 heteroatoms. The molecule has 1 aromatic carbocycles. The number of hydrogen-bond donors (Lipinski definition) is 1. The highest BCUT2D eigenvalue weighted by molar-refractivity contribution is 5.78. The van der Waals surface area contributed by atoms with E-state index in [9.17, 15) is 5.21 Å².